The number of thioether (sulfide) groups is 1. The number of rotatable bonds is 8. The smallest absolute Gasteiger partial charge is 0.200 e. The number of hydrogen-bond donors (Lipinski definition) is 0. The second kappa shape index (κ2) is 9.89. The van der Waals surface area contributed by atoms with Crippen LogP contribution in [0.4, 0.5) is 0 Å². The number of ketones is 1. The lowest BCUT2D eigenvalue weighted by molar-refractivity contribution is 0.0957. The molecule has 1 atom stereocenters. The number of aromatic nitrogens is 4. The molecule has 5 rings (SSSR count). The number of furan rings is 1. The predicted molar refractivity (Wildman–Crippen MR) is 128 cm³/mol. The molecule has 1 saturated heterocycles. The van der Waals surface area contributed by atoms with Gasteiger partial charge in [0.05, 0.1) is 18.1 Å². The highest BCUT2D eigenvalue weighted by molar-refractivity contribution is 7.99. The molecule has 33 heavy (non-hydrogen) atoms. The van der Waals surface area contributed by atoms with Crippen molar-refractivity contribution < 1.29 is 13.9 Å². The average Bonchev–Trinajstić information content (AvgIpc) is 3.63. The van der Waals surface area contributed by atoms with Gasteiger partial charge >= 0.3 is 0 Å². The van der Waals surface area contributed by atoms with Crippen molar-refractivity contribution in [2.75, 3.05) is 12.4 Å². The Balaban J connectivity index is 1.34. The summed E-state index contributed by atoms with van der Waals surface area (Å²) < 4.78 is 15.9. The van der Waals surface area contributed by atoms with Gasteiger partial charge < -0.3 is 13.7 Å². The molecule has 1 aliphatic carbocycles. The highest BCUT2D eigenvalue weighted by Crippen LogP contribution is 2.36. The zero-order chi connectivity index (χ0) is 22.8. The summed E-state index contributed by atoms with van der Waals surface area (Å²) in [6.07, 6.45) is 10.0. The maximum absolute atomic E-state index is 13.2. The number of ether oxygens (including phenoxy) is 1. The Kier molecular flexibility index (Phi) is 6.74. The van der Waals surface area contributed by atoms with Gasteiger partial charge in [-0.3, -0.25) is 9.36 Å². The second-order valence-corrected chi connectivity index (χ2v) is 10.1. The molecule has 1 unspecified atom stereocenters. The van der Waals surface area contributed by atoms with Gasteiger partial charge in [-0.2, -0.15) is 0 Å². The van der Waals surface area contributed by atoms with Gasteiger partial charge in [-0.25, -0.2) is 0 Å². The van der Waals surface area contributed by atoms with Crippen LogP contribution in [0.15, 0.2) is 34.0 Å². The van der Waals surface area contributed by atoms with E-state index in [0.29, 0.717) is 11.8 Å². The lowest BCUT2D eigenvalue weighted by Crippen LogP contribution is -2.17. The van der Waals surface area contributed by atoms with E-state index < -0.39 is 0 Å². The Morgan fingerprint density at radius 3 is 2.73 bits per heavy atom. The van der Waals surface area contributed by atoms with Gasteiger partial charge in [0.2, 0.25) is 5.82 Å². The van der Waals surface area contributed by atoms with Crippen molar-refractivity contribution in [1.82, 2.24) is 19.3 Å². The van der Waals surface area contributed by atoms with Crippen LogP contribution in [0.1, 0.15) is 72.7 Å². The normalized spacial score (nSPS) is 19.4. The monoisotopic (exact) mass is 468 g/mol. The van der Waals surface area contributed by atoms with Crippen LogP contribution in [0.25, 0.3) is 11.6 Å². The Morgan fingerprint density at radius 1 is 1.15 bits per heavy atom. The summed E-state index contributed by atoms with van der Waals surface area (Å²) in [5.74, 6) is 1.96. The first-order valence-electron chi connectivity index (χ1n) is 12.0. The van der Waals surface area contributed by atoms with Crippen molar-refractivity contribution in [3.05, 3.63) is 41.4 Å². The van der Waals surface area contributed by atoms with Crippen LogP contribution < -0.4 is 0 Å². The third-order valence-electron chi connectivity index (χ3n) is 6.96. The molecule has 176 valence electrons. The Bertz CT molecular complexity index is 1090. The average molecular weight is 469 g/mol. The molecule has 7 nitrogen and oxygen atoms in total. The van der Waals surface area contributed by atoms with Gasteiger partial charge in [0.25, 0.3) is 0 Å². The maximum atomic E-state index is 13.2. The molecule has 0 aromatic carbocycles. The summed E-state index contributed by atoms with van der Waals surface area (Å²) in [6, 6.07) is 6.17. The van der Waals surface area contributed by atoms with E-state index in [0.717, 1.165) is 72.5 Å². The molecule has 0 radical (unpaired) electrons. The Morgan fingerprint density at radius 2 is 2.00 bits per heavy atom. The molecule has 2 aliphatic rings. The molecule has 4 heterocycles. The van der Waals surface area contributed by atoms with E-state index in [1.807, 2.05) is 25.1 Å². The number of nitrogens with zero attached hydrogens (tertiary/aromatic N) is 4. The van der Waals surface area contributed by atoms with Crippen LogP contribution in [0, 0.1) is 13.8 Å². The van der Waals surface area contributed by atoms with Gasteiger partial charge in [0, 0.05) is 36.1 Å². The summed E-state index contributed by atoms with van der Waals surface area (Å²) in [5.41, 5.74) is 2.94. The molecular weight excluding hydrogens is 436 g/mol. The third-order valence-corrected chi connectivity index (χ3v) is 7.91. The fourth-order valence-electron chi connectivity index (χ4n) is 5.18. The fourth-order valence-corrected chi connectivity index (χ4v) is 6.07. The first-order valence-corrected chi connectivity index (χ1v) is 13.0. The summed E-state index contributed by atoms with van der Waals surface area (Å²) in [7, 11) is 0. The van der Waals surface area contributed by atoms with E-state index in [-0.39, 0.29) is 11.9 Å². The van der Waals surface area contributed by atoms with E-state index in [9.17, 15) is 4.79 Å². The minimum Gasteiger partial charge on any atom is -0.461 e. The zero-order valence-electron chi connectivity index (χ0n) is 19.5. The van der Waals surface area contributed by atoms with Gasteiger partial charge in [-0.1, -0.05) is 31.0 Å². The first-order chi connectivity index (χ1) is 16.1. The summed E-state index contributed by atoms with van der Waals surface area (Å²) >= 11 is 1.48. The van der Waals surface area contributed by atoms with Crippen LogP contribution in [0.2, 0.25) is 0 Å². The van der Waals surface area contributed by atoms with E-state index in [4.69, 9.17) is 9.15 Å². The molecular formula is C25H32N4O3S. The van der Waals surface area contributed by atoms with Crippen molar-refractivity contribution >= 4 is 17.5 Å². The standard InChI is InChI=1S/C25H32N4O3S/c1-17-14-21(18(2)28(17)15-20-10-6-12-31-20)22(30)16-33-25-27-26-24(23-11-7-13-32-23)29(25)19-8-4-3-5-9-19/h7,11,13-14,19-20H,3-6,8-10,12,15-16H2,1-2H3. The SMILES string of the molecule is Cc1cc(C(=O)CSc2nnc(-c3ccco3)n2C2CCCCC2)c(C)n1CC1CCCO1. The lowest BCUT2D eigenvalue weighted by Gasteiger charge is -2.25. The summed E-state index contributed by atoms with van der Waals surface area (Å²) in [5, 5.41) is 9.72. The minimum absolute atomic E-state index is 0.129. The zero-order valence-corrected chi connectivity index (χ0v) is 20.3. The molecule has 0 amide bonds. The molecule has 0 bridgehead atoms. The van der Waals surface area contributed by atoms with Crippen molar-refractivity contribution in [2.24, 2.45) is 0 Å². The quantitative estimate of drug-likeness (QED) is 0.316. The van der Waals surface area contributed by atoms with Gasteiger partial charge in [-0.15, -0.1) is 10.2 Å². The number of Topliss-reactive ketones (excluding diaryl/α,β-unsaturated/α-hetero) is 1. The minimum atomic E-state index is 0.129. The highest BCUT2D eigenvalue weighted by Gasteiger charge is 2.26. The van der Waals surface area contributed by atoms with E-state index in [1.54, 1.807) is 6.26 Å². The molecule has 0 N–H and O–H groups in total. The van der Waals surface area contributed by atoms with E-state index in [1.165, 1.54) is 31.0 Å². The van der Waals surface area contributed by atoms with Gasteiger partial charge in [-0.05, 0) is 57.7 Å². The molecule has 2 fully saturated rings. The van der Waals surface area contributed by atoms with Crippen molar-refractivity contribution in [3.63, 3.8) is 0 Å². The van der Waals surface area contributed by atoms with E-state index in [2.05, 4.69) is 26.3 Å². The van der Waals surface area contributed by atoms with Crippen LogP contribution in [0.3, 0.4) is 0 Å². The number of hydrogen-bond acceptors (Lipinski definition) is 6. The van der Waals surface area contributed by atoms with Crippen molar-refractivity contribution in [3.8, 4) is 11.6 Å². The van der Waals surface area contributed by atoms with Gasteiger partial charge in [0.1, 0.15) is 0 Å². The molecule has 1 aliphatic heterocycles. The Hall–Kier alpha value is -2.32. The maximum Gasteiger partial charge on any atom is 0.200 e. The van der Waals surface area contributed by atoms with Crippen LogP contribution in [0.5, 0.6) is 0 Å². The first kappa shape index (κ1) is 22.5. The lowest BCUT2D eigenvalue weighted by atomic mass is 9.95. The van der Waals surface area contributed by atoms with Gasteiger partial charge in [0.15, 0.2) is 16.7 Å². The largest absolute Gasteiger partial charge is 0.461 e. The van der Waals surface area contributed by atoms with Crippen LogP contribution in [-0.2, 0) is 11.3 Å². The number of aryl methyl sites for hydroxylation is 1. The van der Waals surface area contributed by atoms with Crippen molar-refractivity contribution in [1.29, 1.82) is 0 Å². The molecule has 0 spiro atoms. The second-order valence-electron chi connectivity index (χ2n) is 9.19. The number of carbonyl (C=O) groups is 1. The molecule has 1 saturated carbocycles. The topological polar surface area (TPSA) is 75.1 Å². The summed E-state index contributed by atoms with van der Waals surface area (Å²) in [6.45, 7) is 5.77. The number of carbonyl (C=O) groups excluding carboxylic acids is 1. The molecule has 3 aromatic rings. The van der Waals surface area contributed by atoms with E-state index >= 15 is 0 Å². The van der Waals surface area contributed by atoms with Crippen LogP contribution in [-0.4, -0.2) is 43.6 Å². The van der Waals surface area contributed by atoms with Crippen molar-refractivity contribution in [2.45, 2.75) is 82.6 Å². The Labute approximate surface area is 198 Å². The predicted octanol–water partition coefficient (Wildman–Crippen LogP) is 5.62. The third kappa shape index (κ3) is 4.68. The molecule has 8 heteroatoms. The molecule has 3 aromatic heterocycles. The summed E-state index contributed by atoms with van der Waals surface area (Å²) in [4.78, 5) is 13.2. The fraction of sp³-hybridized carbons (Fsp3) is 0.560. The highest BCUT2D eigenvalue weighted by atomic mass is 32.2. The van der Waals surface area contributed by atoms with Crippen LogP contribution >= 0.6 is 11.8 Å².